The van der Waals surface area contributed by atoms with Crippen LogP contribution in [-0.4, -0.2) is 10.1 Å². The van der Waals surface area contributed by atoms with E-state index in [1.807, 2.05) is 43.5 Å². The second-order valence-electron chi connectivity index (χ2n) is 4.34. The van der Waals surface area contributed by atoms with Gasteiger partial charge in [0.05, 0.1) is 10.6 Å². The number of aromatic nitrogens is 1. The molecule has 0 spiro atoms. The van der Waals surface area contributed by atoms with Crippen LogP contribution in [0.5, 0.6) is 0 Å². The van der Waals surface area contributed by atoms with E-state index >= 15 is 0 Å². The summed E-state index contributed by atoms with van der Waals surface area (Å²) in [6.07, 6.45) is 0.544. The second kappa shape index (κ2) is 4.88. The molecule has 0 bridgehead atoms. The summed E-state index contributed by atoms with van der Waals surface area (Å²) in [4.78, 5) is 4.39. The molecule has 1 unspecified atom stereocenters. The maximum atomic E-state index is 10.5. The molecule has 1 atom stereocenters. The lowest BCUT2D eigenvalue weighted by atomic mass is 9.93. The molecule has 1 aromatic heterocycles. The van der Waals surface area contributed by atoms with E-state index in [0.717, 1.165) is 20.7 Å². The molecule has 2 nitrogen and oxygen atoms in total. The second-order valence-corrected chi connectivity index (χ2v) is 6.20. The molecular formula is C13H14BrNOS. The maximum absolute atomic E-state index is 10.5. The van der Waals surface area contributed by atoms with Gasteiger partial charge in [-0.2, -0.15) is 0 Å². The minimum Gasteiger partial charge on any atom is -0.385 e. The molecule has 0 radical (unpaired) electrons. The highest BCUT2D eigenvalue weighted by molar-refractivity contribution is 9.10. The van der Waals surface area contributed by atoms with Crippen molar-refractivity contribution in [1.29, 1.82) is 0 Å². The van der Waals surface area contributed by atoms with E-state index in [0.29, 0.717) is 6.42 Å². The zero-order chi connectivity index (χ0) is 12.5. The van der Waals surface area contributed by atoms with Gasteiger partial charge in [-0.25, -0.2) is 4.98 Å². The molecule has 90 valence electrons. The number of benzene rings is 1. The predicted molar refractivity (Wildman–Crippen MR) is 74.3 cm³/mol. The fourth-order valence-electron chi connectivity index (χ4n) is 1.70. The Hall–Kier alpha value is -0.710. The summed E-state index contributed by atoms with van der Waals surface area (Å²) >= 11 is 5.01. The lowest BCUT2D eigenvalue weighted by Gasteiger charge is -2.22. The van der Waals surface area contributed by atoms with Crippen LogP contribution >= 0.6 is 27.3 Å². The number of hydrogen-bond donors (Lipinski definition) is 1. The van der Waals surface area contributed by atoms with Gasteiger partial charge in [0.1, 0.15) is 0 Å². The van der Waals surface area contributed by atoms with Crippen LogP contribution in [0.1, 0.15) is 23.2 Å². The third kappa shape index (κ3) is 3.15. The van der Waals surface area contributed by atoms with Gasteiger partial charge in [0.25, 0.3) is 0 Å². The normalized spacial score (nSPS) is 14.6. The van der Waals surface area contributed by atoms with Crippen LogP contribution in [0.4, 0.5) is 0 Å². The summed E-state index contributed by atoms with van der Waals surface area (Å²) < 4.78 is 0.977. The van der Waals surface area contributed by atoms with Crippen LogP contribution in [0.15, 0.2) is 34.1 Å². The van der Waals surface area contributed by atoms with Crippen molar-refractivity contribution in [1.82, 2.24) is 4.98 Å². The minimum atomic E-state index is -0.881. The number of thiazole rings is 1. The van der Waals surface area contributed by atoms with E-state index in [1.54, 1.807) is 11.3 Å². The van der Waals surface area contributed by atoms with E-state index in [2.05, 4.69) is 20.9 Å². The third-order valence-electron chi connectivity index (χ3n) is 2.61. The smallest absolute Gasteiger partial charge is 0.0960 e. The van der Waals surface area contributed by atoms with Crippen molar-refractivity contribution >= 4 is 27.3 Å². The highest BCUT2D eigenvalue weighted by Gasteiger charge is 2.25. The SMILES string of the molecule is Cc1csc(CC(C)(O)c2cccc(Br)c2)n1. The number of aliphatic hydroxyl groups is 1. The zero-order valence-corrected chi connectivity index (χ0v) is 12.2. The maximum Gasteiger partial charge on any atom is 0.0960 e. The average Bonchev–Trinajstić information content (AvgIpc) is 2.63. The van der Waals surface area contributed by atoms with Gasteiger partial charge in [-0.1, -0.05) is 28.1 Å². The van der Waals surface area contributed by atoms with Gasteiger partial charge in [0.2, 0.25) is 0 Å². The van der Waals surface area contributed by atoms with Crippen LogP contribution < -0.4 is 0 Å². The van der Waals surface area contributed by atoms with Gasteiger partial charge in [0.15, 0.2) is 0 Å². The number of halogens is 1. The molecule has 1 aromatic carbocycles. The standard InChI is InChI=1S/C13H14BrNOS/c1-9-8-17-12(15-9)7-13(2,16)10-4-3-5-11(14)6-10/h3-6,8,16H,7H2,1-2H3. The van der Waals surface area contributed by atoms with Gasteiger partial charge in [0, 0.05) is 22.0 Å². The first-order valence-electron chi connectivity index (χ1n) is 5.37. The summed E-state index contributed by atoms with van der Waals surface area (Å²) in [6.45, 7) is 3.79. The minimum absolute atomic E-state index is 0.544. The molecule has 2 aromatic rings. The van der Waals surface area contributed by atoms with Crippen LogP contribution in [0.3, 0.4) is 0 Å². The van der Waals surface area contributed by atoms with Crippen LogP contribution in [0, 0.1) is 6.92 Å². The summed E-state index contributed by atoms with van der Waals surface area (Å²) in [6, 6.07) is 7.76. The average molecular weight is 312 g/mol. The highest BCUT2D eigenvalue weighted by Crippen LogP contribution is 2.28. The van der Waals surface area contributed by atoms with E-state index < -0.39 is 5.60 Å². The number of aryl methyl sites for hydroxylation is 1. The topological polar surface area (TPSA) is 33.1 Å². The Balaban J connectivity index is 2.24. The molecule has 17 heavy (non-hydrogen) atoms. The van der Waals surface area contributed by atoms with E-state index in [4.69, 9.17) is 0 Å². The Labute approximate surface area is 113 Å². The molecule has 1 N–H and O–H groups in total. The largest absolute Gasteiger partial charge is 0.385 e. The number of nitrogens with zero attached hydrogens (tertiary/aromatic N) is 1. The van der Waals surface area contributed by atoms with Crippen molar-refractivity contribution in [3.05, 3.63) is 50.4 Å². The molecule has 0 aliphatic carbocycles. The van der Waals surface area contributed by atoms with Crippen molar-refractivity contribution in [3.63, 3.8) is 0 Å². The van der Waals surface area contributed by atoms with Gasteiger partial charge >= 0.3 is 0 Å². The Bertz CT molecular complexity index is 522. The van der Waals surface area contributed by atoms with Gasteiger partial charge in [-0.15, -0.1) is 11.3 Å². The quantitative estimate of drug-likeness (QED) is 0.938. The fraction of sp³-hybridized carbons (Fsp3) is 0.308. The van der Waals surface area contributed by atoms with Gasteiger partial charge < -0.3 is 5.11 Å². The third-order valence-corrected chi connectivity index (χ3v) is 4.07. The molecule has 0 aliphatic rings. The van der Waals surface area contributed by atoms with Crippen LogP contribution in [-0.2, 0) is 12.0 Å². The number of rotatable bonds is 3. The molecule has 0 saturated heterocycles. The molecule has 2 rings (SSSR count). The van der Waals surface area contributed by atoms with Crippen molar-refractivity contribution in [3.8, 4) is 0 Å². The van der Waals surface area contributed by atoms with E-state index in [1.165, 1.54) is 0 Å². The van der Waals surface area contributed by atoms with Crippen molar-refractivity contribution in [2.45, 2.75) is 25.9 Å². The van der Waals surface area contributed by atoms with Gasteiger partial charge in [-0.05, 0) is 31.5 Å². The summed E-state index contributed by atoms with van der Waals surface area (Å²) in [5, 5.41) is 13.5. The number of hydrogen-bond acceptors (Lipinski definition) is 3. The van der Waals surface area contributed by atoms with Crippen molar-refractivity contribution in [2.24, 2.45) is 0 Å². The monoisotopic (exact) mass is 311 g/mol. The molecule has 1 heterocycles. The first-order valence-corrected chi connectivity index (χ1v) is 7.04. The summed E-state index contributed by atoms with van der Waals surface area (Å²) in [5.41, 5.74) is 1.03. The highest BCUT2D eigenvalue weighted by atomic mass is 79.9. The molecule has 0 saturated carbocycles. The predicted octanol–water partition coefficient (Wildman–Crippen LogP) is 3.66. The Kier molecular flexibility index (Phi) is 3.66. The first-order chi connectivity index (χ1) is 7.97. The lowest BCUT2D eigenvalue weighted by Crippen LogP contribution is -2.24. The van der Waals surface area contributed by atoms with Crippen molar-refractivity contribution < 1.29 is 5.11 Å². The lowest BCUT2D eigenvalue weighted by molar-refractivity contribution is 0.0575. The van der Waals surface area contributed by atoms with E-state index in [-0.39, 0.29) is 0 Å². The molecule has 0 aliphatic heterocycles. The molecule has 0 fully saturated rings. The Morgan fingerprint density at radius 2 is 2.24 bits per heavy atom. The summed E-state index contributed by atoms with van der Waals surface area (Å²) in [5.74, 6) is 0. The summed E-state index contributed by atoms with van der Waals surface area (Å²) in [7, 11) is 0. The van der Waals surface area contributed by atoms with E-state index in [9.17, 15) is 5.11 Å². The van der Waals surface area contributed by atoms with Crippen LogP contribution in [0.25, 0.3) is 0 Å². The zero-order valence-electron chi connectivity index (χ0n) is 9.77. The van der Waals surface area contributed by atoms with Crippen molar-refractivity contribution in [2.75, 3.05) is 0 Å². The fourth-order valence-corrected chi connectivity index (χ4v) is 3.02. The van der Waals surface area contributed by atoms with Gasteiger partial charge in [-0.3, -0.25) is 0 Å². The van der Waals surface area contributed by atoms with Crippen LogP contribution in [0.2, 0.25) is 0 Å². The Morgan fingerprint density at radius 3 is 2.82 bits per heavy atom. The molecular weight excluding hydrogens is 298 g/mol. The molecule has 0 amide bonds. The molecule has 4 heteroatoms. The first kappa shape index (κ1) is 12.7. The Morgan fingerprint density at radius 1 is 1.47 bits per heavy atom.